The predicted octanol–water partition coefficient (Wildman–Crippen LogP) is 7.83. The topological polar surface area (TPSA) is 70.7 Å². The SMILES string of the molecule is C/C=S(\CCc1c(C)cc(C(C)CCC(N)=O)cc1C)N1CCC2(CC1)CN=C([C@H]1CCCC[C@@H]1CCCCCC)N2. The Morgan fingerprint density at radius 1 is 1.17 bits per heavy atom. The van der Waals surface area contributed by atoms with Crippen LogP contribution in [0.15, 0.2) is 17.1 Å². The summed E-state index contributed by atoms with van der Waals surface area (Å²) in [6, 6.07) is 4.69. The van der Waals surface area contributed by atoms with Gasteiger partial charge in [-0.25, -0.2) is 0 Å². The smallest absolute Gasteiger partial charge is 0.217 e. The minimum Gasteiger partial charge on any atom is -0.370 e. The van der Waals surface area contributed by atoms with Crippen molar-refractivity contribution < 1.29 is 4.79 Å². The number of unbranched alkanes of at least 4 members (excludes halogenated alkanes) is 3. The number of primary amides is 1. The summed E-state index contributed by atoms with van der Waals surface area (Å²) in [5.74, 6) is 4.24. The van der Waals surface area contributed by atoms with Gasteiger partial charge in [0, 0.05) is 31.2 Å². The van der Waals surface area contributed by atoms with Crippen molar-refractivity contribution in [2.45, 2.75) is 136 Å². The molecule has 6 heteroatoms. The van der Waals surface area contributed by atoms with E-state index in [1.165, 1.54) is 118 Å². The molecule has 1 aliphatic carbocycles. The molecule has 3 N–H and O–H groups in total. The monoisotopic (exact) mass is 596 g/mol. The number of hydrogen-bond donors (Lipinski definition) is 2. The molecule has 0 bridgehead atoms. The molecule has 1 saturated carbocycles. The second kappa shape index (κ2) is 15.9. The number of carbonyl (C=O) groups is 1. The van der Waals surface area contributed by atoms with Crippen molar-refractivity contribution >= 4 is 27.8 Å². The second-order valence-corrected chi connectivity index (χ2v) is 15.9. The minimum atomic E-state index is -0.207. The van der Waals surface area contributed by atoms with E-state index in [1.54, 1.807) is 0 Å². The highest BCUT2D eigenvalue weighted by Crippen LogP contribution is 2.39. The zero-order valence-corrected chi connectivity index (χ0v) is 28.3. The summed E-state index contributed by atoms with van der Waals surface area (Å²) in [5, 5.41) is 6.53. The molecule has 1 aromatic carbocycles. The van der Waals surface area contributed by atoms with Gasteiger partial charge in [0.05, 0.1) is 12.1 Å². The molecule has 0 radical (unpaired) electrons. The summed E-state index contributed by atoms with van der Waals surface area (Å²) in [4.78, 5) is 16.5. The molecule has 1 aromatic rings. The van der Waals surface area contributed by atoms with Gasteiger partial charge in [-0.05, 0) is 99.8 Å². The Kier molecular flexibility index (Phi) is 12.6. The standard InChI is InChI=1S/C36H60N4OS/c1-6-8-9-10-13-30-14-11-12-15-33(30)35-38-26-36(39-35)19-21-40(22-20-36)42(7-2)23-18-32-28(4)24-31(25-29(32)5)27(3)16-17-34(37)41/h7,24-25,27,30,33H,6,8-23,26H2,1-5H3,(H2,37,41)(H,38,39)/t27?,30-,33-,42?/m0/s1. The fraction of sp³-hybridized carbons (Fsp3) is 0.750. The van der Waals surface area contributed by atoms with Crippen LogP contribution in [-0.2, 0) is 11.2 Å². The summed E-state index contributed by atoms with van der Waals surface area (Å²) in [6.07, 6.45) is 17.3. The second-order valence-electron chi connectivity index (χ2n) is 13.7. The third kappa shape index (κ3) is 8.71. The molecule has 2 fully saturated rings. The number of carbonyl (C=O) groups excluding carboxylic acids is 1. The van der Waals surface area contributed by atoms with E-state index < -0.39 is 0 Å². The van der Waals surface area contributed by atoms with E-state index in [1.807, 2.05) is 0 Å². The highest BCUT2D eigenvalue weighted by molar-refractivity contribution is 8.12. The lowest BCUT2D eigenvalue weighted by molar-refractivity contribution is -0.118. The number of piperidine rings is 1. The number of nitrogens with zero attached hydrogens (tertiary/aromatic N) is 2. The molecule has 2 unspecified atom stereocenters. The average molecular weight is 597 g/mol. The molecular weight excluding hydrogens is 536 g/mol. The van der Waals surface area contributed by atoms with Gasteiger partial charge in [0.1, 0.15) is 5.84 Å². The highest BCUT2D eigenvalue weighted by Gasteiger charge is 2.42. The molecule has 1 amide bonds. The first-order chi connectivity index (χ1) is 20.2. The lowest BCUT2D eigenvalue weighted by Gasteiger charge is -2.41. The zero-order chi connectivity index (χ0) is 30.1. The third-order valence-corrected chi connectivity index (χ3v) is 12.8. The van der Waals surface area contributed by atoms with Crippen LogP contribution in [0.5, 0.6) is 0 Å². The largest absolute Gasteiger partial charge is 0.370 e. The van der Waals surface area contributed by atoms with Crippen molar-refractivity contribution in [1.82, 2.24) is 9.62 Å². The first-order valence-corrected chi connectivity index (χ1v) is 18.6. The van der Waals surface area contributed by atoms with Crippen LogP contribution < -0.4 is 11.1 Å². The van der Waals surface area contributed by atoms with E-state index in [9.17, 15) is 4.79 Å². The van der Waals surface area contributed by atoms with Crippen LogP contribution in [0.1, 0.15) is 132 Å². The Labute approximate surface area is 259 Å². The maximum Gasteiger partial charge on any atom is 0.217 e. The summed E-state index contributed by atoms with van der Waals surface area (Å²) >= 11 is 0. The van der Waals surface area contributed by atoms with Crippen molar-refractivity contribution in [3.63, 3.8) is 0 Å². The van der Waals surface area contributed by atoms with Gasteiger partial charge in [-0.1, -0.05) is 69.9 Å². The molecule has 42 heavy (non-hydrogen) atoms. The van der Waals surface area contributed by atoms with Crippen molar-refractivity contribution in [2.75, 3.05) is 25.4 Å². The summed E-state index contributed by atoms with van der Waals surface area (Å²) in [6.45, 7) is 14.6. The number of hydrogen-bond acceptors (Lipinski definition) is 4. The number of nitrogens with two attached hydrogens (primary N) is 1. The number of amides is 1. The fourth-order valence-electron chi connectivity index (χ4n) is 7.81. The number of benzene rings is 1. The van der Waals surface area contributed by atoms with Gasteiger partial charge < -0.3 is 11.1 Å². The Morgan fingerprint density at radius 3 is 2.55 bits per heavy atom. The predicted molar refractivity (Wildman–Crippen MR) is 184 cm³/mol. The van der Waals surface area contributed by atoms with E-state index in [2.05, 4.69) is 61.7 Å². The van der Waals surface area contributed by atoms with Crippen LogP contribution in [0.3, 0.4) is 0 Å². The number of amidine groups is 1. The van der Waals surface area contributed by atoms with Gasteiger partial charge >= 0.3 is 0 Å². The molecule has 1 spiro atoms. The van der Waals surface area contributed by atoms with E-state index in [0.717, 1.165) is 25.3 Å². The highest BCUT2D eigenvalue weighted by atomic mass is 32.2. The molecule has 2 heterocycles. The maximum atomic E-state index is 11.3. The lowest BCUT2D eigenvalue weighted by Crippen LogP contribution is -2.54. The maximum absolute atomic E-state index is 11.3. The first-order valence-electron chi connectivity index (χ1n) is 17.2. The molecule has 236 valence electrons. The molecule has 5 nitrogen and oxygen atoms in total. The number of aliphatic imine (C=N–C) groups is 1. The summed E-state index contributed by atoms with van der Waals surface area (Å²) < 4.78 is 2.76. The van der Waals surface area contributed by atoms with Crippen LogP contribution in [0, 0.1) is 25.7 Å². The average Bonchev–Trinajstić information content (AvgIpc) is 3.39. The first kappa shape index (κ1) is 33.2. The van der Waals surface area contributed by atoms with Crippen molar-refractivity contribution in [1.29, 1.82) is 0 Å². The lowest BCUT2D eigenvalue weighted by atomic mass is 9.75. The van der Waals surface area contributed by atoms with Crippen LogP contribution in [0.25, 0.3) is 0 Å². The zero-order valence-electron chi connectivity index (χ0n) is 27.5. The van der Waals surface area contributed by atoms with Crippen molar-refractivity contribution in [3.05, 3.63) is 34.4 Å². The molecule has 4 rings (SSSR count). The molecular formula is C36H60N4OS. The van der Waals surface area contributed by atoms with Gasteiger partial charge in [0.2, 0.25) is 5.91 Å². The van der Waals surface area contributed by atoms with E-state index in [-0.39, 0.29) is 22.1 Å². The molecule has 4 atom stereocenters. The summed E-state index contributed by atoms with van der Waals surface area (Å²) in [7, 11) is 0.193. The van der Waals surface area contributed by atoms with E-state index >= 15 is 0 Å². The number of nitrogens with one attached hydrogen (secondary N) is 1. The van der Waals surface area contributed by atoms with Crippen LogP contribution in [0.2, 0.25) is 0 Å². The number of aryl methyl sites for hydroxylation is 2. The van der Waals surface area contributed by atoms with Crippen LogP contribution in [0.4, 0.5) is 0 Å². The van der Waals surface area contributed by atoms with Gasteiger partial charge in [-0.3, -0.25) is 14.1 Å². The van der Waals surface area contributed by atoms with Gasteiger partial charge in [0.25, 0.3) is 0 Å². The van der Waals surface area contributed by atoms with E-state index in [0.29, 0.717) is 18.3 Å². The van der Waals surface area contributed by atoms with Crippen molar-refractivity contribution in [2.24, 2.45) is 22.6 Å². The van der Waals surface area contributed by atoms with Gasteiger partial charge in [-0.2, -0.15) is 0 Å². The Balaban J connectivity index is 1.28. The minimum absolute atomic E-state index is 0.193. The fourth-order valence-corrected chi connectivity index (χ4v) is 9.67. The van der Waals surface area contributed by atoms with Gasteiger partial charge in [-0.15, -0.1) is 10.7 Å². The number of rotatable bonds is 14. The normalized spacial score (nSPS) is 24.0. The molecule has 0 aromatic heterocycles. The molecule has 2 aliphatic heterocycles. The Bertz CT molecular complexity index is 1080. The van der Waals surface area contributed by atoms with Gasteiger partial charge in [0.15, 0.2) is 0 Å². The Hall–Kier alpha value is -1.66. The van der Waals surface area contributed by atoms with Crippen LogP contribution >= 0.6 is 10.7 Å². The van der Waals surface area contributed by atoms with E-state index in [4.69, 9.17) is 10.7 Å². The summed E-state index contributed by atoms with van der Waals surface area (Å²) in [5.41, 5.74) is 11.2. The van der Waals surface area contributed by atoms with Crippen molar-refractivity contribution in [3.8, 4) is 0 Å². The Morgan fingerprint density at radius 2 is 1.88 bits per heavy atom. The third-order valence-electron chi connectivity index (χ3n) is 10.6. The quantitative estimate of drug-likeness (QED) is 0.170. The molecule has 1 saturated heterocycles. The van der Waals surface area contributed by atoms with Crippen LogP contribution in [-0.4, -0.2) is 52.3 Å². The molecule has 3 aliphatic rings.